The zero-order valence-electron chi connectivity index (χ0n) is 12.4. The van der Waals surface area contributed by atoms with E-state index in [9.17, 15) is 15.3 Å². The Hall–Kier alpha value is -1.93. The topological polar surface area (TPSA) is 97.4 Å². The highest BCUT2D eigenvalue weighted by molar-refractivity contribution is 5.62. The van der Waals surface area contributed by atoms with Gasteiger partial charge in [-0.2, -0.15) is 4.73 Å². The number of aryl methyl sites for hydroxylation is 1. The molecule has 0 bridgehead atoms. The lowest BCUT2D eigenvalue weighted by Gasteiger charge is -2.27. The summed E-state index contributed by atoms with van der Waals surface area (Å²) in [6, 6.07) is 1.54. The van der Waals surface area contributed by atoms with Crippen molar-refractivity contribution in [2.45, 2.75) is 13.8 Å². The molecule has 116 valence electrons. The Balaban J connectivity index is 2.06. The summed E-state index contributed by atoms with van der Waals surface area (Å²) in [5.74, 6) is 0. The SMILES string of the molecule is Cc1cc(NCCN2CCNCC2)c([N+](=O)[O-])c(C)[n+]1[O-]. The molecule has 2 N–H and O–H groups in total. The number of anilines is 1. The van der Waals surface area contributed by atoms with Gasteiger partial charge in [-0.1, -0.05) is 0 Å². The predicted octanol–water partition coefficient (Wildman–Crippen LogP) is 0.162. The number of nitrogens with one attached hydrogen (secondary N) is 2. The number of nitrogens with zero attached hydrogens (tertiary/aromatic N) is 3. The second-order valence-electron chi connectivity index (χ2n) is 5.20. The molecule has 0 aromatic carbocycles. The average molecular weight is 295 g/mol. The van der Waals surface area contributed by atoms with Crippen molar-refractivity contribution in [3.63, 3.8) is 0 Å². The van der Waals surface area contributed by atoms with Crippen molar-refractivity contribution in [2.75, 3.05) is 44.6 Å². The van der Waals surface area contributed by atoms with Crippen molar-refractivity contribution in [1.29, 1.82) is 0 Å². The number of pyridine rings is 1. The van der Waals surface area contributed by atoms with Crippen LogP contribution in [0.2, 0.25) is 0 Å². The average Bonchev–Trinajstić information content (AvgIpc) is 2.45. The Morgan fingerprint density at radius 1 is 1.43 bits per heavy atom. The minimum atomic E-state index is -0.504. The smallest absolute Gasteiger partial charge is 0.359 e. The monoisotopic (exact) mass is 295 g/mol. The van der Waals surface area contributed by atoms with Gasteiger partial charge in [0.25, 0.3) is 5.69 Å². The van der Waals surface area contributed by atoms with Gasteiger partial charge in [0.15, 0.2) is 5.69 Å². The Bertz CT molecular complexity index is 529. The third kappa shape index (κ3) is 3.59. The number of hydrogen-bond acceptors (Lipinski definition) is 6. The standard InChI is InChI=1S/C13H21N5O3/c1-10-9-12(13(18(20)21)11(2)17(10)19)15-5-8-16-6-3-14-4-7-16/h9,14-15H,3-8H2,1-2H3. The molecule has 8 heteroatoms. The van der Waals surface area contributed by atoms with Crippen molar-refractivity contribution in [3.8, 4) is 0 Å². The number of hydrogen-bond donors (Lipinski definition) is 2. The van der Waals surface area contributed by atoms with Crippen LogP contribution in [0.5, 0.6) is 0 Å². The third-order valence-corrected chi connectivity index (χ3v) is 3.71. The molecule has 0 saturated carbocycles. The van der Waals surface area contributed by atoms with Crippen molar-refractivity contribution in [3.05, 3.63) is 32.8 Å². The highest BCUT2D eigenvalue weighted by atomic mass is 16.6. The molecule has 0 amide bonds. The van der Waals surface area contributed by atoms with E-state index in [4.69, 9.17) is 0 Å². The predicted molar refractivity (Wildman–Crippen MR) is 79.3 cm³/mol. The minimum Gasteiger partial charge on any atom is -0.618 e. The number of rotatable bonds is 5. The molecule has 1 aliphatic rings. The zero-order valence-corrected chi connectivity index (χ0v) is 12.4. The molecule has 1 aromatic heterocycles. The van der Waals surface area contributed by atoms with Crippen LogP contribution in [0.4, 0.5) is 11.4 Å². The fourth-order valence-electron chi connectivity index (χ4n) is 2.54. The van der Waals surface area contributed by atoms with Crippen molar-refractivity contribution in [1.82, 2.24) is 10.2 Å². The van der Waals surface area contributed by atoms with Crippen molar-refractivity contribution >= 4 is 11.4 Å². The van der Waals surface area contributed by atoms with E-state index in [2.05, 4.69) is 15.5 Å². The van der Waals surface area contributed by atoms with Crippen LogP contribution in [0.1, 0.15) is 11.4 Å². The van der Waals surface area contributed by atoms with Crippen LogP contribution in [-0.2, 0) is 0 Å². The fourth-order valence-corrected chi connectivity index (χ4v) is 2.54. The summed E-state index contributed by atoms with van der Waals surface area (Å²) in [5, 5.41) is 29.3. The second kappa shape index (κ2) is 6.68. The summed E-state index contributed by atoms with van der Waals surface area (Å²) in [5.41, 5.74) is 0.834. The molecule has 2 rings (SSSR count). The first-order valence-electron chi connectivity index (χ1n) is 7.06. The Kier molecular flexibility index (Phi) is 4.92. The van der Waals surface area contributed by atoms with Gasteiger partial charge in [0.1, 0.15) is 5.69 Å². The highest BCUT2D eigenvalue weighted by Gasteiger charge is 2.26. The van der Waals surface area contributed by atoms with E-state index in [0.717, 1.165) is 32.7 Å². The maximum absolute atomic E-state index is 11.7. The van der Waals surface area contributed by atoms with Crippen molar-refractivity contribution in [2.24, 2.45) is 0 Å². The summed E-state index contributed by atoms with van der Waals surface area (Å²) in [4.78, 5) is 13.0. The maximum Gasteiger partial charge on any atom is 0.359 e. The number of aromatic nitrogens is 1. The molecule has 1 fully saturated rings. The first kappa shape index (κ1) is 15.5. The van der Waals surface area contributed by atoms with Gasteiger partial charge >= 0.3 is 5.69 Å². The van der Waals surface area contributed by atoms with E-state index >= 15 is 0 Å². The van der Waals surface area contributed by atoms with E-state index in [0.29, 0.717) is 22.7 Å². The summed E-state index contributed by atoms with van der Waals surface area (Å²) < 4.78 is 0.597. The van der Waals surface area contributed by atoms with Gasteiger partial charge in [0.2, 0.25) is 0 Å². The van der Waals surface area contributed by atoms with Gasteiger partial charge in [0, 0.05) is 59.2 Å². The molecule has 21 heavy (non-hydrogen) atoms. The summed E-state index contributed by atoms with van der Waals surface area (Å²) in [6.45, 7) is 8.46. The second-order valence-corrected chi connectivity index (χ2v) is 5.20. The van der Waals surface area contributed by atoms with Crippen LogP contribution in [0.15, 0.2) is 6.07 Å². The lowest BCUT2D eigenvalue weighted by atomic mass is 10.2. The first-order chi connectivity index (χ1) is 10.0. The molecule has 2 heterocycles. The minimum absolute atomic E-state index is 0.115. The van der Waals surface area contributed by atoms with Gasteiger partial charge in [-0.3, -0.25) is 15.0 Å². The first-order valence-corrected chi connectivity index (χ1v) is 7.06. The molecule has 1 aromatic rings. The van der Waals surface area contributed by atoms with Crippen LogP contribution < -0.4 is 15.4 Å². The molecule has 1 aliphatic heterocycles. The Morgan fingerprint density at radius 3 is 2.71 bits per heavy atom. The molecule has 0 spiro atoms. The number of piperazine rings is 1. The molecular weight excluding hydrogens is 274 g/mol. The van der Waals surface area contributed by atoms with E-state index < -0.39 is 4.92 Å². The van der Waals surface area contributed by atoms with Gasteiger partial charge in [0.05, 0.1) is 4.92 Å². The third-order valence-electron chi connectivity index (χ3n) is 3.71. The molecule has 1 saturated heterocycles. The van der Waals surface area contributed by atoms with E-state index in [1.165, 1.54) is 13.0 Å². The molecule has 0 atom stereocenters. The number of nitro groups is 1. The Labute approximate surface area is 123 Å². The molecular formula is C13H21N5O3. The lowest BCUT2D eigenvalue weighted by molar-refractivity contribution is -0.623. The molecule has 8 nitrogen and oxygen atoms in total. The van der Waals surface area contributed by atoms with Crippen molar-refractivity contribution < 1.29 is 9.65 Å². The van der Waals surface area contributed by atoms with E-state index in [1.54, 1.807) is 6.92 Å². The van der Waals surface area contributed by atoms with Crippen LogP contribution in [-0.4, -0.2) is 49.1 Å². The lowest BCUT2D eigenvalue weighted by Crippen LogP contribution is -2.45. The summed E-state index contributed by atoms with van der Waals surface area (Å²) >= 11 is 0. The van der Waals surface area contributed by atoms with Crippen LogP contribution >= 0.6 is 0 Å². The summed E-state index contributed by atoms with van der Waals surface area (Å²) in [7, 11) is 0. The molecule has 0 unspecified atom stereocenters. The van der Waals surface area contributed by atoms with Crippen LogP contribution in [0.25, 0.3) is 0 Å². The van der Waals surface area contributed by atoms with E-state index in [-0.39, 0.29) is 11.4 Å². The quantitative estimate of drug-likeness (QED) is 0.348. The highest BCUT2D eigenvalue weighted by Crippen LogP contribution is 2.26. The Morgan fingerprint density at radius 2 is 2.10 bits per heavy atom. The van der Waals surface area contributed by atoms with E-state index in [1.807, 2.05) is 0 Å². The van der Waals surface area contributed by atoms with Gasteiger partial charge in [-0.05, 0) is 0 Å². The molecule has 0 aliphatic carbocycles. The maximum atomic E-state index is 11.7. The van der Waals surface area contributed by atoms with Crippen LogP contribution in [0.3, 0.4) is 0 Å². The normalized spacial score (nSPS) is 15.9. The largest absolute Gasteiger partial charge is 0.618 e. The van der Waals surface area contributed by atoms with Gasteiger partial charge < -0.3 is 15.8 Å². The van der Waals surface area contributed by atoms with Crippen LogP contribution in [0, 0.1) is 29.2 Å². The van der Waals surface area contributed by atoms with Gasteiger partial charge in [-0.15, -0.1) is 0 Å². The fraction of sp³-hybridized carbons (Fsp3) is 0.615. The summed E-state index contributed by atoms with van der Waals surface area (Å²) in [6.07, 6.45) is 0. The molecule has 0 radical (unpaired) electrons. The zero-order chi connectivity index (χ0) is 15.4. The van der Waals surface area contributed by atoms with Gasteiger partial charge in [-0.25, -0.2) is 0 Å².